The van der Waals surface area contributed by atoms with Gasteiger partial charge in [0, 0.05) is 0 Å². The van der Waals surface area contributed by atoms with Crippen molar-refractivity contribution in [2.75, 3.05) is 18.6 Å². The topological polar surface area (TPSA) is 33.1 Å². The highest BCUT2D eigenvalue weighted by atomic mass is 35.5. The second-order valence-corrected chi connectivity index (χ2v) is 2.16. The first kappa shape index (κ1) is 11.9. The van der Waals surface area contributed by atoms with Crippen LogP contribution < -0.4 is 0 Å². The molecule has 0 radical (unpaired) electrons. The molecule has 0 aliphatic rings. The van der Waals surface area contributed by atoms with E-state index < -0.39 is 0 Å². The standard InChI is InChI=1S/C5H11NOS.ClH/c1-3-7-5(6)4-8-2;/h6H,3-4H2,1-2H3;1H. The van der Waals surface area contributed by atoms with Crippen molar-refractivity contribution in [2.45, 2.75) is 6.92 Å². The minimum Gasteiger partial charge on any atom is -0.481 e. The molecule has 56 valence electrons. The normalized spacial score (nSPS) is 7.78. The van der Waals surface area contributed by atoms with E-state index in [1.165, 1.54) is 0 Å². The molecule has 0 bridgehead atoms. The van der Waals surface area contributed by atoms with E-state index in [0.717, 1.165) is 0 Å². The lowest BCUT2D eigenvalue weighted by Gasteiger charge is -2.00. The van der Waals surface area contributed by atoms with Crippen LogP contribution in [0.3, 0.4) is 0 Å². The molecule has 0 aromatic heterocycles. The maximum atomic E-state index is 7.05. The number of rotatable bonds is 3. The zero-order valence-electron chi connectivity index (χ0n) is 5.64. The fourth-order valence-electron chi connectivity index (χ4n) is 0.347. The van der Waals surface area contributed by atoms with Crippen LogP contribution in [0, 0.1) is 5.41 Å². The first-order valence-electron chi connectivity index (χ1n) is 2.50. The minimum absolute atomic E-state index is 0. The van der Waals surface area contributed by atoms with Crippen molar-refractivity contribution < 1.29 is 4.74 Å². The summed E-state index contributed by atoms with van der Waals surface area (Å²) in [6.07, 6.45) is 1.95. The summed E-state index contributed by atoms with van der Waals surface area (Å²) in [6, 6.07) is 0. The van der Waals surface area contributed by atoms with Crippen LogP contribution in [0.25, 0.3) is 0 Å². The molecular formula is C5H12ClNOS. The van der Waals surface area contributed by atoms with Gasteiger partial charge in [-0.05, 0) is 13.2 Å². The quantitative estimate of drug-likeness (QED) is 0.516. The Labute approximate surface area is 66.3 Å². The van der Waals surface area contributed by atoms with Crippen LogP contribution in [0.1, 0.15) is 6.92 Å². The molecule has 0 fully saturated rings. The van der Waals surface area contributed by atoms with Crippen molar-refractivity contribution in [3.05, 3.63) is 0 Å². The molecule has 0 saturated heterocycles. The number of halogens is 1. The first-order valence-corrected chi connectivity index (χ1v) is 3.89. The predicted molar refractivity (Wildman–Crippen MR) is 45.0 cm³/mol. The van der Waals surface area contributed by atoms with Gasteiger partial charge in [-0.2, -0.15) is 11.8 Å². The molecule has 0 spiro atoms. The Kier molecular flexibility index (Phi) is 10.7. The van der Waals surface area contributed by atoms with Crippen LogP contribution in [0.5, 0.6) is 0 Å². The van der Waals surface area contributed by atoms with Crippen LogP contribution >= 0.6 is 24.2 Å². The third-order valence-electron chi connectivity index (χ3n) is 0.594. The summed E-state index contributed by atoms with van der Waals surface area (Å²) in [7, 11) is 0. The fraction of sp³-hybridized carbons (Fsp3) is 0.800. The van der Waals surface area contributed by atoms with E-state index in [1.54, 1.807) is 11.8 Å². The molecule has 0 aromatic rings. The lowest BCUT2D eigenvalue weighted by Crippen LogP contribution is -2.04. The maximum Gasteiger partial charge on any atom is 0.190 e. The van der Waals surface area contributed by atoms with Crippen LogP contribution in [0.4, 0.5) is 0 Å². The van der Waals surface area contributed by atoms with Gasteiger partial charge in [0.2, 0.25) is 0 Å². The van der Waals surface area contributed by atoms with Gasteiger partial charge in [-0.1, -0.05) is 0 Å². The average Bonchev–Trinajstić information content (AvgIpc) is 1.68. The highest BCUT2D eigenvalue weighted by Crippen LogP contribution is 1.92. The summed E-state index contributed by atoms with van der Waals surface area (Å²) < 4.78 is 4.84. The van der Waals surface area contributed by atoms with Crippen LogP contribution in [0.2, 0.25) is 0 Å². The molecule has 0 aliphatic heterocycles. The zero-order chi connectivity index (χ0) is 6.41. The molecule has 2 nitrogen and oxygen atoms in total. The maximum absolute atomic E-state index is 7.05. The summed E-state index contributed by atoms with van der Waals surface area (Å²) in [5.41, 5.74) is 0. The summed E-state index contributed by atoms with van der Waals surface area (Å²) in [6.45, 7) is 2.49. The minimum atomic E-state index is 0. The molecule has 0 unspecified atom stereocenters. The molecule has 0 rings (SSSR count). The highest BCUT2D eigenvalue weighted by molar-refractivity contribution is 7.99. The van der Waals surface area contributed by atoms with Crippen LogP contribution in [-0.4, -0.2) is 24.5 Å². The van der Waals surface area contributed by atoms with E-state index in [0.29, 0.717) is 18.3 Å². The molecule has 0 heterocycles. The summed E-state index contributed by atoms with van der Waals surface area (Å²) in [5.74, 6) is 1.06. The van der Waals surface area contributed by atoms with Gasteiger partial charge in [-0.3, -0.25) is 5.41 Å². The number of hydrogen-bond acceptors (Lipinski definition) is 3. The Morgan fingerprint density at radius 2 is 2.22 bits per heavy atom. The van der Waals surface area contributed by atoms with Gasteiger partial charge in [-0.15, -0.1) is 12.4 Å². The van der Waals surface area contributed by atoms with Crippen LogP contribution in [0.15, 0.2) is 0 Å². The number of nitrogens with one attached hydrogen (secondary N) is 1. The Morgan fingerprint density at radius 3 is 2.56 bits per heavy atom. The van der Waals surface area contributed by atoms with Gasteiger partial charge in [-0.25, -0.2) is 0 Å². The largest absolute Gasteiger partial charge is 0.481 e. The van der Waals surface area contributed by atoms with E-state index in [-0.39, 0.29) is 12.4 Å². The van der Waals surface area contributed by atoms with Crippen molar-refractivity contribution in [1.82, 2.24) is 0 Å². The third kappa shape index (κ3) is 8.11. The highest BCUT2D eigenvalue weighted by Gasteiger charge is 1.90. The first-order chi connectivity index (χ1) is 3.81. The SMILES string of the molecule is CCOC(=N)CSC.Cl. The lowest BCUT2D eigenvalue weighted by molar-refractivity contribution is 0.322. The van der Waals surface area contributed by atoms with E-state index in [2.05, 4.69) is 0 Å². The van der Waals surface area contributed by atoms with Gasteiger partial charge < -0.3 is 4.74 Å². The van der Waals surface area contributed by atoms with Gasteiger partial charge in [0.05, 0.1) is 12.4 Å². The van der Waals surface area contributed by atoms with Crippen molar-refractivity contribution in [3.8, 4) is 0 Å². The number of hydrogen-bond donors (Lipinski definition) is 1. The molecule has 0 atom stereocenters. The predicted octanol–water partition coefficient (Wildman–Crippen LogP) is 1.78. The van der Waals surface area contributed by atoms with Gasteiger partial charge >= 0.3 is 0 Å². The average molecular weight is 170 g/mol. The molecule has 0 aliphatic carbocycles. The van der Waals surface area contributed by atoms with Gasteiger partial charge in [0.1, 0.15) is 0 Å². The number of thioether (sulfide) groups is 1. The fourth-order valence-corrected chi connectivity index (χ4v) is 0.693. The van der Waals surface area contributed by atoms with Crippen LogP contribution in [-0.2, 0) is 4.74 Å². The summed E-state index contributed by atoms with van der Waals surface area (Å²) >= 11 is 1.60. The molecule has 4 heteroatoms. The van der Waals surface area contributed by atoms with Gasteiger partial charge in [0.15, 0.2) is 5.90 Å². The molecule has 0 saturated carbocycles. The smallest absolute Gasteiger partial charge is 0.190 e. The lowest BCUT2D eigenvalue weighted by atomic mass is 10.7. The Balaban J connectivity index is 0. The monoisotopic (exact) mass is 169 g/mol. The van der Waals surface area contributed by atoms with Gasteiger partial charge in [0.25, 0.3) is 0 Å². The van der Waals surface area contributed by atoms with E-state index in [9.17, 15) is 0 Å². The van der Waals surface area contributed by atoms with Crippen molar-refractivity contribution >= 4 is 30.1 Å². The molecule has 0 amide bonds. The summed E-state index contributed by atoms with van der Waals surface area (Å²) in [5, 5.41) is 7.05. The molecular weight excluding hydrogens is 158 g/mol. The Morgan fingerprint density at radius 1 is 1.67 bits per heavy atom. The molecule has 1 N–H and O–H groups in total. The summed E-state index contributed by atoms with van der Waals surface area (Å²) in [4.78, 5) is 0. The van der Waals surface area contributed by atoms with E-state index in [4.69, 9.17) is 10.1 Å². The Bertz CT molecular complexity index is 71.4. The molecule has 9 heavy (non-hydrogen) atoms. The van der Waals surface area contributed by atoms with E-state index in [1.807, 2.05) is 13.2 Å². The zero-order valence-corrected chi connectivity index (χ0v) is 7.27. The third-order valence-corrected chi connectivity index (χ3v) is 1.14. The van der Waals surface area contributed by atoms with Crippen molar-refractivity contribution in [3.63, 3.8) is 0 Å². The number of ether oxygens (including phenoxy) is 1. The van der Waals surface area contributed by atoms with Crippen molar-refractivity contribution in [2.24, 2.45) is 0 Å². The molecule has 0 aromatic carbocycles. The Hall–Kier alpha value is 0.110. The second-order valence-electron chi connectivity index (χ2n) is 1.29. The second kappa shape index (κ2) is 8.11. The van der Waals surface area contributed by atoms with E-state index >= 15 is 0 Å². The van der Waals surface area contributed by atoms with Crippen molar-refractivity contribution in [1.29, 1.82) is 5.41 Å².